The molecule has 0 bridgehead atoms. The largest absolute Gasteiger partial charge is 0.489 e. The average molecular weight is 1020 g/mol. The second-order valence-electron chi connectivity index (χ2n) is 17.8. The van der Waals surface area contributed by atoms with Crippen LogP contribution in [0.3, 0.4) is 0 Å². The first-order chi connectivity index (χ1) is 32.0. The van der Waals surface area contributed by atoms with Gasteiger partial charge in [0.05, 0.1) is 36.7 Å². The molecule has 69 heavy (non-hydrogen) atoms. The van der Waals surface area contributed by atoms with Gasteiger partial charge in [-0.2, -0.15) is 8.99 Å². The van der Waals surface area contributed by atoms with Crippen molar-refractivity contribution < 1.29 is 39.8 Å². The zero-order chi connectivity index (χ0) is 50.6. The predicted octanol–water partition coefficient (Wildman–Crippen LogP) is 8.87. The van der Waals surface area contributed by atoms with Crippen LogP contribution in [0.25, 0.3) is 22.7 Å². The lowest BCUT2D eigenvalue weighted by Crippen LogP contribution is -2.23. The summed E-state index contributed by atoms with van der Waals surface area (Å²) in [5, 5.41) is 28.7. The Hall–Kier alpha value is -6.77. The lowest BCUT2D eigenvalue weighted by atomic mass is 9.91. The number of fused-ring (bicyclic) bond motifs is 1. The summed E-state index contributed by atoms with van der Waals surface area (Å²) in [6.45, 7) is 10.8. The minimum atomic E-state index is -4.19. The quantitative estimate of drug-likeness (QED) is 0.0521. The van der Waals surface area contributed by atoms with E-state index in [0.717, 1.165) is 33.5 Å². The van der Waals surface area contributed by atoms with E-state index in [4.69, 9.17) is 20.9 Å². The molecule has 26 heteroatoms. The molecule has 0 amide bonds. The normalized spacial score (nSPS) is 13.6. The van der Waals surface area contributed by atoms with Crippen molar-refractivity contribution in [2.75, 3.05) is 25.1 Å². The van der Waals surface area contributed by atoms with Crippen LogP contribution in [0, 0.1) is 10.1 Å². The molecule has 364 valence electrons. The van der Waals surface area contributed by atoms with E-state index in [9.17, 15) is 40.5 Å². The molecule has 0 spiro atoms. The van der Waals surface area contributed by atoms with Crippen molar-refractivity contribution in [3.63, 3.8) is 0 Å². The van der Waals surface area contributed by atoms with Gasteiger partial charge in [-0.1, -0.05) is 53.1 Å². The second kappa shape index (κ2) is 18.3. The van der Waals surface area contributed by atoms with Gasteiger partial charge in [0.15, 0.2) is 33.0 Å². The Morgan fingerprint density at radius 2 is 1.57 bits per heavy atom. The number of nitrogens with one attached hydrogen (secondary N) is 2. The minimum Gasteiger partial charge on any atom is -0.489 e. The van der Waals surface area contributed by atoms with Crippen LogP contribution in [0.4, 0.5) is 28.4 Å². The van der Waals surface area contributed by atoms with Crippen molar-refractivity contribution in [2.45, 2.75) is 68.8 Å². The number of rotatable bonds is 14. The third-order valence-electron chi connectivity index (χ3n) is 10.1. The maximum atomic E-state index is 13.8. The Morgan fingerprint density at radius 1 is 0.913 bits per heavy atom. The van der Waals surface area contributed by atoms with E-state index in [1.807, 2.05) is 20.8 Å². The molecule has 0 saturated heterocycles. The summed E-state index contributed by atoms with van der Waals surface area (Å²) < 4.78 is 94.9. The number of halogens is 1. The number of ether oxygens (including phenoxy) is 1. The van der Waals surface area contributed by atoms with Crippen molar-refractivity contribution in [1.82, 2.24) is 28.9 Å². The van der Waals surface area contributed by atoms with Gasteiger partial charge in [0, 0.05) is 48.5 Å². The number of nitrogens with zero attached hydrogens (tertiary/aromatic N) is 9. The number of anilines is 1. The Balaban J connectivity index is 1.07. The fourth-order valence-corrected chi connectivity index (χ4v) is 9.53. The maximum Gasteiger partial charge on any atom is 0.297 e. The molecule has 3 N–H and O–H groups in total. The van der Waals surface area contributed by atoms with Crippen LogP contribution < -0.4 is 15.0 Å². The lowest BCUT2D eigenvalue weighted by Gasteiger charge is -2.16. The summed E-state index contributed by atoms with van der Waals surface area (Å²) in [6.07, 6.45) is 1.11. The van der Waals surface area contributed by atoms with Crippen molar-refractivity contribution in [3.05, 3.63) is 127 Å². The summed E-state index contributed by atoms with van der Waals surface area (Å²) in [7, 11) is -9.00. The summed E-state index contributed by atoms with van der Waals surface area (Å²) in [4.78, 5) is 29.3. The lowest BCUT2D eigenvalue weighted by molar-refractivity contribution is -0.385. The first-order valence-corrected chi connectivity index (χ1v) is 25.7. The van der Waals surface area contributed by atoms with Crippen LogP contribution in [0.1, 0.15) is 58.6 Å². The topological polar surface area (TPSA) is 291 Å². The molecule has 0 fully saturated rings. The van der Waals surface area contributed by atoms with E-state index in [0.29, 0.717) is 34.1 Å². The minimum absolute atomic E-state index is 0.0161. The number of benzene rings is 4. The highest BCUT2D eigenvalue weighted by molar-refractivity contribution is 7.92. The molecule has 7 rings (SSSR count). The van der Waals surface area contributed by atoms with Gasteiger partial charge in [0.25, 0.3) is 21.3 Å². The first-order valence-electron chi connectivity index (χ1n) is 20.5. The highest BCUT2D eigenvalue weighted by atomic mass is 35.5. The van der Waals surface area contributed by atoms with Crippen LogP contribution in [0.2, 0.25) is 5.02 Å². The van der Waals surface area contributed by atoms with Crippen molar-refractivity contribution >= 4 is 75.7 Å². The number of sulfonamides is 2. The number of aromatic amines is 1. The van der Waals surface area contributed by atoms with E-state index in [1.165, 1.54) is 61.2 Å². The molecule has 0 radical (unpaired) electrons. The third kappa shape index (κ3) is 10.8. The number of hydrogen-bond donors (Lipinski definition) is 3. The number of hydrogen-bond acceptors (Lipinski definition) is 15. The zero-order valence-corrected chi connectivity index (χ0v) is 41.7. The molecule has 1 atom stereocenters. The van der Waals surface area contributed by atoms with Gasteiger partial charge in [0.2, 0.25) is 15.7 Å². The van der Waals surface area contributed by atoms with Crippen LogP contribution >= 0.6 is 11.6 Å². The van der Waals surface area contributed by atoms with Crippen LogP contribution in [0.15, 0.2) is 119 Å². The number of nitro groups is 1. The van der Waals surface area contributed by atoms with Gasteiger partial charge in [-0.3, -0.25) is 24.7 Å². The van der Waals surface area contributed by atoms with Gasteiger partial charge in [-0.25, -0.2) is 30.3 Å². The molecular weight excluding hydrogens is 978 g/mol. The molecule has 4 aromatic carbocycles. The molecule has 22 nitrogen and oxygen atoms in total. The standard InChI is InChI=1S/C43H46ClN11O11S3/c1-42(2,3)37-36(40-45-39(49-54(40)48-37)25-10-12-26(13-11-25)50-67(9,59)60)47-46-33-20-18-29(22-32(33)44)68(61,62)51-27-14-16-28(17-15-27)65-24-31-38(43(4,5)6)66-53(41(31)56)34-21-19-30(23-35(34)55(57)58)69(63,64)52(7)8/h10-23,48,51H,24H2,1-9H3,(H,50,59,60). The second-order valence-corrected chi connectivity index (χ2v) is 23.8. The highest BCUT2D eigenvalue weighted by Gasteiger charge is 2.32. The van der Waals surface area contributed by atoms with Crippen molar-refractivity contribution in [1.29, 1.82) is 0 Å². The molecule has 3 heterocycles. The molecule has 0 aliphatic heterocycles. The third-order valence-corrected chi connectivity index (χ3v) is 14.2. The number of nitro benzene ring substituents is 1. The van der Waals surface area contributed by atoms with Gasteiger partial charge in [-0.05, 0) is 78.9 Å². The fourth-order valence-electron chi connectivity index (χ4n) is 6.72. The Kier molecular flexibility index (Phi) is 13.3. The fraction of sp³-hybridized carbons (Fsp3) is 0.279. The molecule has 7 aromatic rings. The van der Waals surface area contributed by atoms with Gasteiger partial charge >= 0.3 is 0 Å². The zero-order valence-electron chi connectivity index (χ0n) is 38.4. The SMILES string of the molecule is CN(C)S(=O)(=O)c1ccc(-n2oc(C(C)(C)C)c(COc3ccc(NS(=O)(=O)c4ccc(N=Nc5c(C(C)(C)C)[nH]n6nc(-c7ccc(N=S(C)(=O)O)cc7)nc56)c(Cl)c4)cc3)c2=O)c([N+](=O)[O-])c1. The molecular formula is C43H46ClN11O11S3. The monoisotopic (exact) mass is 1020 g/mol. The van der Waals surface area contributed by atoms with Crippen molar-refractivity contribution in [2.24, 2.45) is 14.6 Å². The number of H-pyrrole nitrogens is 1. The van der Waals surface area contributed by atoms with E-state index in [1.54, 1.807) is 45.0 Å². The van der Waals surface area contributed by atoms with Crippen LogP contribution in [0.5, 0.6) is 5.75 Å². The summed E-state index contributed by atoms with van der Waals surface area (Å²) in [5.41, 5.74) is -0.306. The van der Waals surface area contributed by atoms with E-state index in [-0.39, 0.29) is 55.6 Å². The van der Waals surface area contributed by atoms with Crippen LogP contribution in [-0.2, 0) is 47.5 Å². The molecule has 1 unspecified atom stereocenters. The first kappa shape index (κ1) is 50.1. The van der Waals surface area contributed by atoms with Gasteiger partial charge in [-0.15, -0.1) is 20.1 Å². The van der Waals surface area contributed by atoms with Gasteiger partial charge < -0.3 is 13.8 Å². The summed E-state index contributed by atoms with van der Waals surface area (Å²) in [5.74, 6) is 0.738. The summed E-state index contributed by atoms with van der Waals surface area (Å²) >= 11 is 6.58. The van der Waals surface area contributed by atoms with Crippen molar-refractivity contribution in [3.8, 4) is 22.8 Å². The maximum absolute atomic E-state index is 13.8. The molecule has 0 saturated carbocycles. The number of azo groups is 1. The number of aromatic nitrogens is 5. The Morgan fingerprint density at radius 3 is 2.14 bits per heavy atom. The smallest absolute Gasteiger partial charge is 0.297 e. The Bertz CT molecular complexity index is 3590. The van der Waals surface area contributed by atoms with E-state index >= 15 is 0 Å². The highest BCUT2D eigenvalue weighted by Crippen LogP contribution is 2.38. The average Bonchev–Trinajstić information content (AvgIpc) is 3.93. The molecule has 0 aliphatic carbocycles. The van der Waals surface area contributed by atoms with Gasteiger partial charge in [0.1, 0.15) is 18.0 Å². The predicted molar refractivity (Wildman–Crippen MR) is 258 cm³/mol. The summed E-state index contributed by atoms with van der Waals surface area (Å²) in [6, 6.07) is 19.4. The van der Waals surface area contributed by atoms with E-state index < -0.39 is 57.1 Å². The molecule has 3 aromatic heterocycles. The molecule has 0 aliphatic rings. The van der Waals surface area contributed by atoms with E-state index in [2.05, 4.69) is 34.5 Å². The Labute approximate surface area is 401 Å². The van der Waals surface area contributed by atoms with Crippen LogP contribution in [-0.4, -0.2) is 79.7 Å².